The van der Waals surface area contributed by atoms with Crippen LogP contribution in [0.15, 0.2) is 54.6 Å². The summed E-state index contributed by atoms with van der Waals surface area (Å²) >= 11 is 4.55. The molecule has 2 unspecified atom stereocenters. The zero-order chi connectivity index (χ0) is 41.2. The van der Waals surface area contributed by atoms with Gasteiger partial charge in [0.15, 0.2) is 17.1 Å². The second kappa shape index (κ2) is 16.6. The number of hydrogen-bond donors (Lipinski definition) is 4. The number of hydrogen-bond acceptors (Lipinski definition) is 11. The first-order chi connectivity index (χ1) is 26.9. The van der Waals surface area contributed by atoms with Gasteiger partial charge in [0.25, 0.3) is 5.91 Å². The molecule has 3 aliphatic heterocycles. The van der Waals surface area contributed by atoms with E-state index in [9.17, 15) is 42.0 Å². The predicted octanol–water partition coefficient (Wildman–Crippen LogP) is 4.55. The Morgan fingerprint density at radius 1 is 0.982 bits per heavy atom. The number of carbonyl (C=O) groups excluding carboxylic acids is 4. The Morgan fingerprint density at radius 2 is 1.67 bits per heavy atom. The van der Waals surface area contributed by atoms with Crippen LogP contribution in [0, 0.1) is 23.0 Å². The first kappa shape index (κ1) is 41.2. The van der Waals surface area contributed by atoms with Crippen molar-refractivity contribution in [3.05, 3.63) is 77.4 Å². The minimum Gasteiger partial charge on any atom is -0.489 e. The van der Waals surface area contributed by atoms with E-state index < -0.39 is 57.8 Å². The summed E-state index contributed by atoms with van der Waals surface area (Å²) in [6.45, 7) is 6.05. The van der Waals surface area contributed by atoms with Crippen molar-refractivity contribution in [2.45, 2.75) is 49.9 Å². The maximum absolute atomic E-state index is 15.4. The number of nitriles is 1. The monoisotopic (exact) mass is 814 g/mol. The lowest BCUT2D eigenvalue weighted by Crippen LogP contribution is -2.49. The fourth-order valence-electron chi connectivity index (χ4n) is 7.02. The van der Waals surface area contributed by atoms with Crippen LogP contribution in [0.3, 0.4) is 0 Å². The lowest BCUT2D eigenvalue weighted by Gasteiger charge is -2.34. The van der Waals surface area contributed by atoms with Crippen molar-refractivity contribution in [3.63, 3.8) is 0 Å². The lowest BCUT2D eigenvalue weighted by molar-refractivity contribution is -0.138. The molecular weight excluding hydrogens is 776 g/mol. The number of anilines is 4. The molecule has 2 atom stereocenters. The first-order valence-corrected chi connectivity index (χ1v) is 18.5. The Kier molecular flexibility index (Phi) is 12.0. The maximum atomic E-state index is 15.4. The van der Waals surface area contributed by atoms with Crippen LogP contribution in [0.4, 0.5) is 44.7 Å². The molecule has 4 amide bonds. The third-order valence-corrected chi connectivity index (χ3v) is 10.4. The summed E-state index contributed by atoms with van der Waals surface area (Å²) < 4.78 is 76.5. The fourth-order valence-corrected chi connectivity index (χ4v) is 7.68. The van der Waals surface area contributed by atoms with E-state index in [-0.39, 0.29) is 66.3 Å². The predicted molar refractivity (Wildman–Crippen MR) is 203 cm³/mol. The number of carbonyl (C=O) groups is 4. The summed E-state index contributed by atoms with van der Waals surface area (Å²) in [5, 5.41) is 17.0. The molecule has 19 heteroatoms. The third-order valence-electron chi connectivity index (χ3n) is 9.97. The quantitative estimate of drug-likeness (QED) is 0.123. The van der Waals surface area contributed by atoms with E-state index >= 15 is 4.39 Å². The van der Waals surface area contributed by atoms with Gasteiger partial charge in [-0.25, -0.2) is 8.78 Å². The van der Waals surface area contributed by atoms with Gasteiger partial charge in [0, 0.05) is 68.0 Å². The van der Waals surface area contributed by atoms with Gasteiger partial charge < -0.3 is 20.3 Å². The molecule has 3 fully saturated rings. The molecule has 3 saturated heterocycles. The highest BCUT2D eigenvalue weighted by atomic mass is 32.1. The average Bonchev–Trinajstić information content (AvgIpc) is 3.31. The largest absolute Gasteiger partial charge is 0.489 e. The highest BCUT2D eigenvalue weighted by Gasteiger charge is 2.52. The Balaban J connectivity index is 0.981. The summed E-state index contributed by atoms with van der Waals surface area (Å²) in [7, 11) is 0. The van der Waals surface area contributed by atoms with Crippen LogP contribution in [0.1, 0.15) is 37.8 Å². The Morgan fingerprint density at radius 3 is 2.33 bits per heavy atom. The topological polar surface area (TPSA) is 150 Å². The number of piperidine rings is 1. The zero-order valence-corrected chi connectivity index (χ0v) is 31.7. The number of thiol groups is 1. The summed E-state index contributed by atoms with van der Waals surface area (Å²) in [5.74, 6) is -3.19. The highest BCUT2D eigenvalue weighted by Crippen LogP contribution is 2.43. The second-order valence-corrected chi connectivity index (χ2v) is 14.8. The molecule has 302 valence electrons. The van der Waals surface area contributed by atoms with E-state index in [4.69, 9.17) is 4.74 Å². The van der Waals surface area contributed by atoms with Gasteiger partial charge >= 0.3 is 6.18 Å². The van der Waals surface area contributed by atoms with Crippen molar-refractivity contribution in [3.8, 4) is 11.8 Å². The van der Waals surface area contributed by atoms with Crippen molar-refractivity contribution in [2.24, 2.45) is 0 Å². The van der Waals surface area contributed by atoms with Gasteiger partial charge in [-0.3, -0.25) is 39.2 Å². The van der Waals surface area contributed by atoms with Crippen molar-refractivity contribution in [1.82, 2.24) is 15.1 Å². The molecule has 13 nitrogen and oxygen atoms in total. The van der Waals surface area contributed by atoms with Crippen LogP contribution in [0.2, 0.25) is 0 Å². The number of nitrogens with zero attached hydrogens (tertiary/aromatic N) is 5. The number of nitrogens with one attached hydrogen (secondary N) is 3. The number of benzene rings is 3. The molecule has 0 radical (unpaired) electrons. The van der Waals surface area contributed by atoms with E-state index in [2.05, 4.69) is 33.5 Å². The number of halogens is 5. The summed E-state index contributed by atoms with van der Waals surface area (Å²) in [5.41, 5.74) is -3.61. The lowest BCUT2D eigenvalue weighted by atomic mass is 10.0. The number of imide groups is 1. The molecule has 0 saturated carbocycles. The Bertz CT molecular complexity index is 2110. The highest BCUT2D eigenvalue weighted by molar-refractivity contribution is 7.81. The molecule has 3 aromatic carbocycles. The average molecular weight is 815 g/mol. The van der Waals surface area contributed by atoms with Crippen molar-refractivity contribution >= 4 is 59.0 Å². The van der Waals surface area contributed by atoms with Gasteiger partial charge in [0.05, 0.1) is 23.7 Å². The number of alkyl halides is 3. The van der Waals surface area contributed by atoms with E-state index in [0.717, 1.165) is 17.0 Å². The Hall–Kier alpha value is -5.45. The van der Waals surface area contributed by atoms with Crippen molar-refractivity contribution < 1.29 is 45.9 Å². The van der Waals surface area contributed by atoms with E-state index in [1.807, 2.05) is 4.90 Å². The molecule has 3 heterocycles. The van der Waals surface area contributed by atoms with Gasteiger partial charge in [-0.2, -0.15) is 18.4 Å². The van der Waals surface area contributed by atoms with E-state index in [0.29, 0.717) is 32.7 Å². The Labute approximate surface area is 330 Å². The van der Waals surface area contributed by atoms with E-state index in [1.165, 1.54) is 53.4 Å². The first-order valence-electron chi connectivity index (χ1n) is 17.9. The molecule has 3 aliphatic rings. The molecule has 0 bridgehead atoms. The van der Waals surface area contributed by atoms with Gasteiger partial charge in [-0.15, -0.1) is 12.6 Å². The minimum atomic E-state index is -4.84. The number of piperazine rings is 1. The SMILES string of the molecule is CC1(C)C(=O)N(c2ccc(C#N)c(C(F)(F)F)c2)C(S)N1c1ccc(OCCN2CCN(CC(=O)Nc3cc(F)cc(NC4CCC(=O)NC4=O)c3)CC2)c(F)c1. The van der Waals surface area contributed by atoms with Crippen LogP contribution in [0.25, 0.3) is 0 Å². The van der Waals surface area contributed by atoms with Crippen LogP contribution in [0.5, 0.6) is 5.75 Å². The molecule has 0 aromatic heterocycles. The minimum absolute atomic E-state index is 0.0420. The summed E-state index contributed by atoms with van der Waals surface area (Å²) in [6.07, 6.45) is -4.42. The van der Waals surface area contributed by atoms with Crippen LogP contribution in [-0.2, 0) is 25.4 Å². The van der Waals surface area contributed by atoms with Crippen LogP contribution < -0.4 is 30.5 Å². The molecule has 0 aliphatic carbocycles. The van der Waals surface area contributed by atoms with E-state index in [1.54, 1.807) is 13.8 Å². The maximum Gasteiger partial charge on any atom is 0.417 e. The van der Waals surface area contributed by atoms with Gasteiger partial charge in [-0.05, 0) is 68.8 Å². The molecule has 6 rings (SSSR count). The smallest absolute Gasteiger partial charge is 0.417 e. The second-order valence-electron chi connectivity index (χ2n) is 14.3. The number of ether oxygens (including phenoxy) is 1. The third kappa shape index (κ3) is 9.24. The summed E-state index contributed by atoms with van der Waals surface area (Å²) in [4.78, 5) is 56.4. The standard InChI is InChI=1S/C38H39F5N8O5S/c1-37(2)35(55)50(26-4-3-22(20-44)28(18-26)38(41,42)43)36(57)51(37)27-5-7-31(29(40)19-27)56-14-13-48-9-11-49(12-10-48)21-33(53)46-25-16-23(39)15-24(17-25)45-30-6-8-32(52)47-34(30)54/h3-5,7,15-19,30,36,45,57H,6,8-14,21H2,1-2H3,(H,46,53)(H,47,52,54). The molecule has 0 spiro atoms. The summed E-state index contributed by atoms with van der Waals surface area (Å²) in [6, 6.07) is 11.7. The molecule has 57 heavy (non-hydrogen) atoms. The van der Waals surface area contributed by atoms with Gasteiger partial charge in [0.2, 0.25) is 17.7 Å². The van der Waals surface area contributed by atoms with Gasteiger partial charge in [0.1, 0.15) is 24.0 Å². The van der Waals surface area contributed by atoms with Crippen molar-refractivity contribution in [2.75, 3.05) is 66.3 Å². The molecule has 3 N–H and O–H groups in total. The van der Waals surface area contributed by atoms with Crippen LogP contribution in [-0.4, -0.2) is 96.4 Å². The zero-order valence-electron chi connectivity index (χ0n) is 30.8. The molecular formula is C38H39F5N8O5S. The van der Waals surface area contributed by atoms with Gasteiger partial charge in [-0.1, -0.05) is 0 Å². The van der Waals surface area contributed by atoms with Crippen molar-refractivity contribution in [1.29, 1.82) is 5.26 Å². The van der Waals surface area contributed by atoms with Crippen LogP contribution >= 0.6 is 12.6 Å². The molecule has 3 aromatic rings. The number of rotatable bonds is 11. The fraction of sp³-hybridized carbons (Fsp3) is 0.395. The number of amides is 4. The normalized spacial score (nSPS) is 20.3.